The standard InChI is InChI=1S/C24H27N5O4/c1-15-4-2-3-5-19(15)20-12-16-13-25-23(26-17-6-9-28(10-7-17)24(31)32)27-21(16)29(22(20)30)18-8-11-33-14-18/h2-5,12-13,17-18H,6-11,14H2,1H3,(H,31,32)(H,25,26,27)/t18-/m0/s1. The molecule has 0 bridgehead atoms. The number of carboxylic acid groups (broad SMARTS) is 1. The fourth-order valence-corrected chi connectivity index (χ4v) is 4.72. The zero-order chi connectivity index (χ0) is 22.9. The van der Waals surface area contributed by atoms with E-state index in [1.54, 1.807) is 10.8 Å². The smallest absolute Gasteiger partial charge is 0.407 e. The van der Waals surface area contributed by atoms with E-state index in [4.69, 9.17) is 14.8 Å². The highest BCUT2D eigenvalue weighted by Gasteiger charge is 2.25. The summed E-state index contributed by atoms with van der Waals surface area (Å²) in [6.07, 6.45) is 2.99. The summed E-state index contributed by atoms with van der Waals surface area (Å²) in [5.41, 5.74) is 3.09. The van der Waals surface area contributed by atoms with E-state index >= 15 is 0 Å². The van der Waals surface area contributed by atoms with Gasteiger partial charge in [-0.25, -0.2) is 9.78 Å². The van der Waals surface area contributed by atoms with Gasteiger partial charge in [-0.15, -0.1) is 0 Å². The number of benzene rings is 1. The second-order valence-electron chi connectivity index (χ2n) is 8.73. The van der Waals surface area contributed by atoms with Crippen LogP contribution in [0.4, 0.5) is 10.7 Å². The molecule has 2 saturated heterocycles. The van der Waals surface area contributed by atoms with Crippen molar-refractivity contribution >= 4 is 23.1 Å². The molecule has 0 radical (unpaired) electrons. The molecule has 1 amide bonds. The summed E-state index contributed by atoms with van der Waals surface area (Å²) >= 11 is 0. The minimum atomic E-state index is -0.886. The summed E-state index contributed by atoms with van der Waals surface area (Å²) in [5.74, 6) is 0.451. The number of amides is 1. The van der Waals surface area contributed by atoms with Gasteiger partial charge in [0.15, 0.2) is 0 Å². The fourth-order valence-electron chi connectivity index (χ4n) is 4.72. The number of nitrogens with zero attached hydrogens (tertiary/aromatic N) is 4. The van der Waals surface area contributed by atoms with E-state index in [9.17, 15) is 9.59 Å². The average Bonchev–Trinajstić information content (AvgIpc) is 3.34. The molecule has 9 heteroatoms. The van der Waals surface area contributed by atoms with Crippen LogP contribution in [0.2, 0.25) is 0 Å². The molecule has 1 aromatic carbocycles. The largest absolute Gasteiger partial charge is 0.465 e. The molecule has 2 fully saturated rings. The van der Waals surface area contributed by atoms with Crippen molar-refractivity contribution in [2.24, 2.45) is 0 Å². The predicted octanol–water partition coefficient (Wildman–Crippen LogP) is 3.28. The van der Waals surface area contributed by atoms with Crippen molar-refractivity contribution in [2.45, 2.75) is 38.3 Å². The zero-order valence-electron chi connectivity index (χ0n) is 18.5. The van der Waals surface area contributed by atoms with E-state index < -0.39 is 6.09 Å². The van der Waals surface area contributed by atoms with Crippen LogP contribution in [0.15, 0.2) is 41.3 Å². The summed E-state index contributed by atoms with van der Waals surface area (Å²) in [6.45, 7) is 4.05. The minimum absolute atomic E-state index is 0.0771. The summed E-state index contributed by atoms with van der Waals surface area (Å²) in [5, 5.41) is 13.3. The molecule has 2 N–H and O–H groups in total. The highest BCUT2D eigenvalue weighted by Crippen LogP contribution is 2.28. The number of nitrogens with one attached hydrogen (secondary N) is 1. The van der Waals surface area contributed by atoms with E-state index in [0.717, 1.165) is 22.9 Å². The van der Waals surface area contributed by atoms with Gasteiger partial charge < -0.3 is 20.1 Å². The summed E-state index contributed by atoms with van der Waals surface area (Å²) in [6, 6.07) is 9.75. The van der Waals surface area contributed by atoms with Crippen LogP contribution in [0.3, 0.4) is 0 Å². The number of aryl methyl sites for hydroxylation is 1. The van der Waals surface area contributed by atoms with Gasteiger partial charge in [0.05, 0.1) is 12.6 Å². The fraction of sp³-hybridized carbons (Fsp3) is 0.417. The van der Waals surface area contributed by atoms with E-state index in [1.165, 1.54) is 4.90 Å². The third-order valence-corrected chi connectivity index (χ3v) is 6.58. The van der Waals surface area contributed by atoms with Gasteiger partial charge in [0.1, 0.15) is 5.65 Å². The Balaban J connectivity index is 1.53. The highest BCUT2D eigenvalue weighted by molar-refractivity contribution is 5.82. The molecule has 3 aromatic rings. The third kappa shape index (κ3) is 4.16. The Morgan fingerprint density at radius 1 is 1.18 bits per heavy atom. The van der Waals surface area contributed by atoms with Crippen molar-refractivity contribution in [1.29, 1.82) is 0 Å². The molecule has 2 aromatic heterocycles. The number of aromatic nitrogens is 3. The van der Waals surface area contributed by atoms with E-state index in [0.29, 0.717) is 56.3 Å². The van der Waals surface area contributed by atoms with Gasteiger partial charge in [0, 0.05) is 42.9 Å². The number of ether oxygens (including phenoxy) is 1. The number of piperidine rings is 1. The monoisotopic (exact) mass is 449 g/mol. The van der Waals surface area contributed by atoms with Crippen LogP contribution in [0.1, 0.15) is 30.9 Å². The van der Waals surface area contributed by atoms with Gasteiger partial charge in [-0.2, -0.15) is 4.98 Å². The first-order valence-corrected chi connectivity index (χ1v) is 11.3. The van der Waals surface area contributed by atoms with Crippen LogP contribution in [0.5, 0.6) is 0 Å². The molecule has 0 aliphatic carbocycles. The third-order valence-electron chi connectivity index (χ3n) is 6.58. The van der Waals surface area contributed by atoms with Gasteiger partial charge in [0.2, 0.25) is 5.95 Å². The second kappa shape index (κ2) is 8.82. The molecule has 0 spiro atoms. The molecule has 0 unspecified atom stereocenters. The van der Waals surface area contributed by atoms with Crippen molar-refractivity contribution in [3.63, 3.8) is 0 Å². The van der Waals surface area contributed by atoms with Gasteiger partial charge >= 0.3 is 6.09 Å². The number of fused-ring (bicyclic) bond motifs is 1. The number of hydrogen-bond acceptors (Lipinski definition) is 6. The number of hydrogen-bond donors (Lipinski definition) is 2. The number of anilines is 1. The first kappa shape index (κ1) is 21.4. The summed E-state index contributed by atoms with van der Waals surface area (Å²) in [4.78, 5) is 35.5. The van der Waals surface area contributed by atoms with Crippen LogP contribution >= 0.6 is 0 Å². The first-order chi connectivity index (χ1) is 16.0. The first-order valence-electron chi connectivity index (χ1n) is 11.3. The quantitative estimate of drug-likeness (QED) is 0.629. The molecule has 0 saturated carbocycles. The second-order valence-corrected chi connectivity index (χ2v) is 8.73. The Morgan fingerprint density at radius 3 is 2.67 bits per heavy atom. The van der Waals surface area contributed by atoms with Crippen molar-refractivity contribution in [1.82, 2.24) is 19.4 Å². The Bertz CT molecular complexity index is 1240. The van der Waals surface area contributed by atoms with Gasteiger partial charge in [-0.3, -0.25) is 9.36 Å². The lowest BCUT2D eigenvalue weighted by Gasteiger charge is -2.30. The summed E-state index contributed by atoms with van der Waals surface area (Å²) in [7, 11) is 0. The molecule has 5 rings (SSSR count). The Hall–Kier alpha value is -3.46. The molecular formula is C24H27N5O4. The maximum absolute atomic E-state index is 13.7. The van der Waals surface area contributed by atoms with Crippen LogP contribution in [0.25, 0.3) is 22.2 Å². The van der Waals surface area contributed by atoms with Crippen LogP contribution in [-0.4, -0.2) is 63.0 Å². The lowest BCUT2D eigenvalue weighted by molar-refractivity contribution is 0.133. The lowest BCUT2D eigenvalue weighted by atomic mass is 10.0. The molecule has 33 heavy (non-hydrogen) atoms. The molecule has 1 atom stereocenters. The van der Waals surface area contributed by atoms with Crippen molar-refractivity contribution in [3.05, 3.63) is 52.4 Å². The molecule has 2 aliphatic heterocycles. The van der Waals surface area contributed by atoms with Crippen molar-refractivity contribution < 1.29 is 14.6 Å². The maximum atomic E-state index is 13.7. The van der Waals surface area contributed by atoms with Gasteiger partial charge in [-0.05, 0) is 43.4 Å². The lowest BCUT2D eigenvalue weighted by Crippen LogP contribution is -2.41. The number of rotatable bonds is 4. The van der Waals surface area contributed by atoms with Gasteiger partial charge in [0.25, 0.3) is 5.56 Å². The van der Waals surface area contributed by atoms with E-state index in [-0.39, 0.29) is 17.6 Å². The molecule has 2 aliphatic rings. The van der Waals surface area contributed by atoms with Crippen molar-refractivity contribution in [3.8, 4) is 11.1 Å². The number of carbonyl (C=O) groups is 1. The van der Waals surface area contributed by atoms with E-state index in [2.05, 4.69) is 10.3 Å². The zero-order valence-corrected chi connectivity index (χ0v) is 18.5. The van der Waals surface area contributed by atoms with Crippen molar-refractivity contribution in [2.75, 3.05) is 31.6 Å². The highest BCUT2D eigenvalue weighted by atomic mass is 16.5. The SMILES string of the molecule is Cc1ccccc1-c1cc2cnc(NC3CCN(C(=O)O)CC3)nc2n([C@H]2CCOC2)c1=O. The normalized spacial score (nSPS) is 19.2. The maximum Gasteiger partial charge on any atom is 0.407 e. The number of pyridine rings is 1. The summed E-state index contributed by atoms with van der Waals surface area (Å²) < 4.78 is 7.36. The van der Waals surface area contributed by atoms with Gasteiger partial charge in [-0.1, -0.05) is 24.3 Å². The molecule has 9 nitrogen and oxygen atoms in total. The molecular weight excluding hydrogens is 422 g/mol. The average molecular weight is 450 g/mol. The Labute approximate surface area is 191 Å². The van der Waals surface area contributed by atoms with Crippen LogP contribution in [0, 0.1) is 6.92 Å². The predicted molar refractivity (Wildman–Crippen MR) is 125 cm³/mol. The number of likely N-dealkylation sites (tertiary alicyclic amines) is 1. The topological polar surface area (TPSA) is 110 Å². The van der Waals surface area contributed by atoms with Crippen LogP contribution < -0.4 is 10.9 Å². The Kier molecular flexibility index (Phi) is 5.72. The molecule has 4 heterocycles. The minimum Gasteiger partial charge on any atom is -0.465 e. The van der Waals surface area contributed by atoms with E-state index in [1.807, 2.05) is 37.3 Å². The van der Waals surface area contributed by atoms with Crippen LogP contribution in [-0.2, 0) is 4.74 Å². The Morgan fingerprint density at radius 2 is 1.97 bits per heavy atom. The molecule has 172 valence electrons.